The lowest BCUT2D eigenvalue weighted by molar-refractivity contribution is 0.415. The summed E-state index contributed by atoms with van der Waals surface area (Å²) >= 11 is 5.76. The molecule has 1 rings (SSSR count). The first-order valence-corrected chi connectivity index (χ1v) is 3.35. The van der Waals surface area contributed by atoms with Crippen LogP contribution in [0.5, 0.6) is 0 Å². The van der Waals surface area contributed by atoms with Gasteiger partial charge in [-0.1, -0.05) is 0 Å². The molecule has 1 saturated heterocycles. The van der Waals surface area contributed by atoms with Crippen LogP contribution < -0.4 is 11.1 Å². The summed E-state index contributed by atoms with van der Waals surface area (Å²) in [6, 6.07) is 0. The maximum atomic E-state index is 5.76. The van der Waals surface area contributed by atoms with Gasteiger partial charge in [0.1, 0.15) is 0 Å². The molecule has 0 aromatic heterocycles. The summed E-state index contributed by atoms with van der Waals surface area (Å²) in [6.07, 6.45) is 2.24. The van der Waals surface area contributed by atoms with E-state index < -0.39 is 0 Å². The number of rotatable bonds is 0. The molecule has 0 saturated carbocycles. The topological polar surface area (TPSA) is 38.0 Å². The van der Waals surface area contributed by atoms with E-state index in [1.165, 1.54) is 0 Å². The summed E-state index contributed by atoms with van der Waals surface area (Å²) < 4.78 is 0. The normalized spacial score (nSPS) is 39.8. The van der Waals surface area contributed by atoms with Crippen molar-refractivity contribution >= 4 is 11.6 Å². The molecule has 48 valence electrons. The van der Waals surface area contributed by atoms with E-state index >= 15 is 0 Å². The fraction of sp³-hybridized carbons (Fsp3) is 1.00. The van der Waals surface area contributed by atoms with Gasteiger partial charge in [-0.15, -0.1) is 11.6 Å². The van der Waals surface area contributed by atoms with Gasteiger partial charge in [-0.25, -0.2) is 0 Å². The quantitative estimate of drug-likeness (QED) is 0.467. The summed E-state index contributed by atoms with van der Waals surface area (Å²) in [5.74, 6) is 0. The predicted molar refractivity (Wildman–Crippen MR) is 34.9 cm³/mol. The van der Waals surface area contributed by atoms with E-state index in [2.05, 4.69) is 5.32 Å². The van der Waals surface area contributed by atoms with Crippen LogP contribution in [0.2, 0.25) is 0 Å². The molecular formula is C5H11ClN2. The van der Waals surface area contributed by atoms with Crippen LogP contribution in [0.15, 0.2) is 0 Å². The zero-order valence-corrected chi connectivity index (χ0v) is 5.49. The fourth-order valence-electron chi connectivity index (χ4n) is 0.844. The number of halogens is 1. The zero-order chi connectivity index (χ0) is 5.98. The van der Waals surface area contributed by atoms with Crippen molar-refractivity contribution in [2.24, 2.45) is 5.73 Å². The third-order valence-electron chi connectivity index (χ3n) is 1.39. The monoisotopic (exact) mass is 134 g/mol. The molecule has 3 N–H and O–H groups in total. The van der Waals surface area contributed by atoms with Crippen LogP contribution in [-0.2, 0) is 0 Å². The van der Waals surface area contributed by atoms with Crippen molar-refractivity contribution in [2.75, 3.05) is 6.54 Å². The van der Waals surface area contributed by atoms with Gasteiger partial charge in [0.25, 0.3) is 0 Å². The van der Waals surface area contributed by atoms with E-state index in [1.54, 1.807) is 0 Å². The Morgan fingerprint density at radius 2 is 2.25 bits per heavy atom. The lowest BCUT2D eigenvalue weighted by atomic mass is 10.1. The van der Waals surface area contributed by atoms with Crippen molar-refractivity contribution in [2.45, 2.75) is 24.4 Å². The van der Waals surface area contributed by atoms with E-state index in [9.17, 15) is 0 Å². The molecule has 0 bridgehead atoms. The maximum Gasteiger partial charge on any atom is 0.0547 e. The number of nitrogens with two attached hydrogens (primary N) is 1. The van der Waals surface area contributed by atoms with Gasteiger partial charge < -0.3 is 11.1 Å². The average molecular weight is 135 g/mol. The Labute approximate surface area is 54.4 Å². The summed E-state index contributed by atoms with van der Waals surface area (Å²) in [5, 5.41) is 3.38. The molecule has 1 aliphatic heterocycles. The number of nitrogens with one attached hydrogen (secondary N) is 1. The third-order valence-corrected chi connectivity index (χ3v) is 1.76. The van der Waals surface area contributed by atoms with E-state index in [0.29, 0.717) is 5.38 Å². The van der Waals surface area contributed by atoms with E-state index in [-0.39, 0.29) is 6.17 Å². The highest BCUT2D eigenvalue weighted by Gasteiger charge is 2.14. The van der Waals surface area contributed by atoms with Gasteiger partial charge in [-0.05, 0) is 12.8 Å². The summed E-state index contributed by atoms with van der Waals surface area (Å²) in [7, 11) is 0. The molecule has 3 heteroatoms. The van der Waals surface area contributed by atoms with Crippen LogP contribution in [0, 0.1) is 0 Å². The van der Waals surface area contributed by atoms with Gasteiger partial charge in [-0.3, -0.25) is 0 Å². The first-order valence-electron chi connectivity index (χ1n) is 2.92. The minimum Gasteiger partial charge on any atom is -0.316 e. The molecule has 0 amide bonds. The molecule has 2 atom stereocenters. The second kappa shape index (κ2) is 2.67. The van der Waals surface area contributed by atoms with Crippen molar-refractivity contribution in [3.05, 3.63) is 0 Å². The Morgan fingerprint density at radius 3 is 2.62 bits per heavy atom. The number of hydrogen-bond acceptors (Lipinski definition) is 2. The predicted octanol–water partition coefficient (Wildman–Crippen LogP) is 0.262. The second-order valence-corrected chi connectivity index (χ2v) is 2.81. The van der Waals surface area contributed by atoms with E-state index in [0.717, 1.165) is 19.4 Å². The minimum absolute atomic E-state index is 0.185. The molecule has 1 fully saturated rings. The van der Waals surface area contributed by atoms with E-state index in [1.807, 2.05) is 0 Å². The Balaban J connectivity index is 2.19. The maximum absolute atomic E-state index is 5.76. The van der Waals surface area contributed by atoms with Crippen LogP contribution in [0.3, 0.4) is 0 Å². The van der Waals surface area contributed by atoms with Crippen LogP contribution in [-0.4, -0.2) is 18.1 Å². The Hall–Kier alpha value is 0.210. The van der Waals surface area contributed by atoms with Crippen molar-refractivity contribution in [3.63, 3.8) is 0 Å². The lowest BCUT2D eigenvalue weighted by Gasteiger charge is -2.22. The fourth-order valence-corrected chi connectivity index (χ4v) is 1.06. The summed E-state index contributed by atoms with van der Waals surface area (Å²) in [4.78, 5) is 0. The average Bonchev–Trinajstić information content (AvgIpc) is 1.77. The minimum atomic E-state index is 0.185. The highest BCUT2D eigenvalue weighted by atomic mass is 35.5. The van der Waals surface area contributed by atoms with Crippen LogP contribution in [0.4, 0.5) is 0 Å². The van der Waals surface area contributed by atoms with Crippen LogP contribution in [0.25, 0.3) is 0 Å². The number of hydrogen-bond donors (Lipinski definition) is 2. The molecule has 2 nitrogen and oxygen atoms in total. The highest BCUT2D eigenvalue weighted by molar-refractivity contribution is 6.20. The SMILES string of the molecule is N[C@H]1CC[C@@H](Cl)CN1. The molecule has 8 heavy (non-hydrogen) atoms. The van der Waals surface area contributed by atoms with Crippen molar-refractivity contribution in [1.82, 2.24) is 5.32 Å². The molecule has 1 heterocycles. The molecule has 0 spiro atoms. The van der Waals surface area contributed by atoms with Gasteiger partial charge in [0.05, 0.1) is 6.17 Å². The Bertz CT molecular complexity index is 58.8. The van der Waals surface area contributed by atoms with Crippen molar-refractivity contribution in [1.29, 1.82) is 0 Å². The Morgan fingerprint density at radius 1 is 1.50 bits per heavy atom. The largest absolute Gasteiger partial charge is 0.316 e. The third kappa shape index (κ3) is 1.62. The smallest absolute Gasteiger partial charge is 0.0547 e. The first kappa shape index (κ1) is 6.33. The van der Waals surface area contributed by atoms with Crippen molar-refractivity contribution in [3.8, 4) is 0 Å². The van der Waals surface area contributed by atoms with Gasteiger partial charge in [0.2, 0.25) is 0 Å². The molecule has 0 radical (unpaired) electrons. The van der Waals surface area contributed by atoms with Gasteiger partial charge in [0, 0.05) is 11.9 Å². The van der Waals surface area contributed by atoms with Crippen LogP contribution >= 0.6 is 11.6 Å². The molecule has 1 aliphatic rings. The van der Waals surface area contributed by atoms with Gasteiger partial charge in [0.15, 0.2) is 0 Å². The Kier molecular flexibility index (Phi) is 2.11. The number of piperidine rings is 1. The van der Waals surface area contributed by atoms with Gasteiger partial charge >= 0.3 is 0 Å². The van der Waals surface area contributed by atoms with Gasteiger partial charge in [-0.2, -0.15) is 0 Å². The van der Waals surface area contributed by atoms with Crippen LogP contribution in [0.1, 0.15) is 12.8 Å². The first-order chi connectivity index (χ1) is 3.79. The standard InChI is InChI=1S/C5H11ClN2/c6-4-1-2-5(7)8-3-4/h4-5,8H,1-3,7H2/t4-,5-/m1/s1. The molecule has 0 aliphatic carbocycles. The lowest BCUT2D eigenvalue weighted by Crippen LogP contribution is -2.45. The van der Waals surface area contributed by atoms with E-state index in [4.69, 9.17) is 17.3 Å². The highest BCUT2D eigenvalue weighted by Crippen LogP contribution is 2.09. The second-order valence-electron chi connectivity index (χ2n) is 2.19. The van der Waals surface area contributed by atoms with Crippen molar-refractivity contribution < 1.29 is 0 Å². The summed E-state index contributed by atoms with van der Waals surface area (Å²) in [5.41, 5.74) is 5.53. The summed E-state index contributed by atoms with van der Waals surface area (Å²) in [6.45, 7) is 0.864. The molecule has 0 aromatic carbocycles. The zero-order valence-electron chi connectivity index (χ0n) is 4.73. The molecule has 0 unspecified atom stereocenters. The number of alkyl halides is 1. The molecule has 0 aromatic rings. The molecular weight excluding hydrogens is 124 g/mol.